The van der Waals surface area contributed by atoms with Crippen LogP contribution in [0.1, 0.15) is 28.0 Å². The number of rotatable bonds is 2. The maximum atomic E-state index is 12.6. The van der Waals surface area contributed by atoms with Crippen molar-refractivity contribution < 1.29 is 23.1 Å². The second-order valence-electron chi connectivity index (χ2n) is 2.47. The molecule has 1 rings (SSSR count). The van der Waals surface area contributed by atoms with Crippen molar-refractivity contribution >= 4 is 5.97 Å². The number of carboxylic acids is 1. The molecular formula is C8H3F3N2O2. The Balaban J connectivity index is 3.56. The summed E-state index contributed by atoms with van der Waals surface area (Å²) in [6.45, 7) is 0. The van der Waals surface area contributed by atoms with Crippen LogP contribution in [0, 0.1) is 17.3 Å². The highest BCUT2D eigenvalue weighted by molar-refractivity contribution is 5.90. The second kappa shape index (κ2) is 3.96. The summed E-state index contributed by atoms with van der Waals surface area (Å²) < 4.78 is 37.4. The Labute approximate surface area is 81.6 Å². The molecule has 0 aliphatic rings. The highest BCUT2D eigenvalue weighted by Gasteiger charge is 2.24. The van der Waals surface area contributed by atoms with Gasteiger partial charge < -0.3 is 5.11 Å². The van der Waals surface area contributed by atoms with E-state index < -0.39 is 35.2 Å². The van der Waals surface area contributed by atoms with Crippen LogP contribution >= 0.6 is 0 Å². The van der Waals surface area contributed by atoms with Gasteiger partial charge in [-0.15, -0.1) is 0 Å². The molecule has 0 saturated carbocycles. The molecule has 0 atom stereocenters. The van der Waals surface area contributed by atoms with Gasteiger partial charge in [0.2, 0.25) is 5.95 Å². The Bertz CT molecular complexity index is 454. The van der Waals surface area contributed by atoms with Crippen LogP contribution in [0.2, 0.25) is 0 Å². The number of pyridine rings is 1. The zero-order valence-electron chi connectivity index (χ0n) is 7.04. The van der Waals surface area contributed by atoms with E-state index in [1.165, 1.54) is 6.07 Å². The quantitative estimate of drug-likeness (QED) is 0.764. The van der Waals surface area contributed by atoms with Crippen LogP contribution in [0.5, 0.6) is 0 Å². The molecule has 0 bridgehead atoms. The molecule has 7 heteroatoms. The number of halogens is 3. The van der Waals surface area contributed by atoms with Gasteiger partial charge in [0.25, 0.3) is 6.43 Å². The van der Waals surface area contributed by atoms with E-state index in [-0.39, 0.29) is 0 Å². The Morgan fingerprint density at radius 2 is 2.20 bits per heavy atom. The Hall–Kier alpha value is -2.10. The molecule has 0 radical (unpaired) electrons. The van der Waals surface area contributed by atoms with Gasteiger partial charge in [0.1, 0.15) is 6.07 Å². The normalized spacial score (nSPS) is 10.1. The number of carbonyl (C=O) groups is 1. The van der Waals surface area contributed by atoms with Crippen LogP contribution in [-0.2, 0) is 0 Å². The fourth-order valence-electron chi connectivity index (χ4n) is 1.01. The molecule has 0 aromatic carbocycles. The van der Waals surface area contributed by atoms with E-state index in [1.807, 2.05) is 0 Å². The average molecular weight is 216 g/mol. The van der Waals surface area contributed by atoms with Gasteiger partial charge in [0.05, 0.1) is 11.1 Å². The van der Waals surface area contributed by atoms with E-state index in [9.17, 15) is 18.0 Å². The summed E-state index contributed by atoms with van der Waals surface area (Å²) >= 11 is 0. The summed E-state index contributed by atoms with van der Waals surface area (Å²) in [7, 11) is 0. The van der Waals surface area contributed by atoms with E-state index in [0.717, 1.165) is 0 Å². The fraction of sp³-hybridized carbons (Fsp3) is 0.125. The predicted molar refractivity (Wildman–Crippen MR) is 40.8 cm³/mol. The minimum absolute atomic E-state index is 0.352. The third kappa shape index (κ3) is 2.04. The fourth-order valence-corrected chi connectivity index (χ4v) is 1.01. The van der Waals surface area contributed by atoms with E-state index >= 15 is 0 Å². The molecule has 78 valence electrons. The molecule has 1 aromatic rings. The lowest BCUT2D eigenvalue weighted by Crippen LogP contribution is -2.08. The summed E-state index contributed by atoms with van der Waals surface area (Å²) in [5.74, 6) is -3.02. The van der Waals surface area contributed by atoms with Gasteiger partial charge in [-0.1, -0.05) is 0 Å². The zero-order chi connectivity index (χ0) is 11.6. The lowest BCUT2D eigenvalue weighted by molar-refractivity contribution is 0.0683. The SMILES string of the molecule is N#Cc1nc(F)cc(C(=O)O)c1C(F)F. The van der Waals surface area contributed by atoms with Crippen LogP contribution in [0.4, 0.5) is 13.2 Å². The number of aromatic nitrogens is 1. The van der Waals surface area contributed by atoms with E-state index in [2.05, 4.69) is 4.98 Å². The molecule has 0 spiro atoms. The monoisotopic (exact) mass is 216 g/mol. The summed E-state index contributed by atoms with van der Waals surface area (Å²) in [4.78, 5) is 13.4. The maximum Gasteiger partial charge on any atom is 0.336 e. The molecule has 15 heavy (non-hydrogen) atoms. The van der Waals surface area contributed by atoms with Crippen LogP contribution in [-0.4, -0.2) is 16.1 Å². The summed E-state index contributed by atoms with van der Waals surface area (Å²) in [6.07, 6.45) is -3.20. The highest BCUT2D eigenvalue weighted by atomic mass is 19.3. The summed E-state index contributed by atoms with van der Waals surface area (Å²) in [5, 5.41) is 16.9. The molecule has 4 nitrogen and oxygen atoms in total. The van der Waals surface area contributed by atoms with Gasteiger partial charge in [0.15, 0.2) is 5.69 Å². The first kappa shape index (κ1) is 11.0. The van der Waals surface area contributed by atoms with Crippen molar-refractivity contribution in [1.29, 1.82) is 5.26 Å². The molecule has 0 fully saturated rings. The summed E-state index contributed by atoms with van der Waals surface area (Å²) in [6, 6.07) is 1.57. The van der Waals surface area contributed by atoms with Crippen molar-refractivity contribution in [3.8, 4) is 6.07 Å². The first-order chi connectivity index (χ1) is 6.97. The molecule has 1 aromatic heterocycles. The Morgan fingerprint density at radius 3 is 2.60 bits per heavy atom. The number of hydrogen-bond acceptors (Lipinski definition) is 3. The lowest BCUT2D eigenvalue weighted by atomic mass is 10.1. The van der Waals surface area contributed by atoms with Crippen molar-refractivity contribution in [2.75, 3.05) is 0 Å². The largest absolute Gasteiger partial charge is 0.478 e. The minimum atomic E-state index is -3.20. The average Bonchev–Trinajstić information content (AvgIpc) is 2.15. The van der Waals surface area contributed by atoms with Gasteiger partial charge in [0, 0.05) is 6.07 Å². The number of carboxylic acid groups (broad SMARTS) is 1. The van der Waals surface area contributed by atoms with Gasteiger partial charge in [-0.25, -0.2) is 18.6 Å². The molecule has 0 aliphatic heterocycles. The van der Waals surface area contributed by atoms with Crippen molar-refractivity contribution in [3.05, 3.63) is 28.8 Å². The van der Waals surface area contributed by atoms with E-state index in [4.69, 9.17) is 10.4 Å². The molecule has 0 unspecified atom stereocenters. The smallest absolute Gasteiger partial charge is 0.336 e. The Morgan fingerprint density at radius 1 is 1.60 bits per heavy atom. The van der Waals surface area contributed by atoms with Crippen molar-refractivity contribution in [2.45, 2.75) is 6.43 Å². The maximum absolute atomic E-state index is 12.6. The van der Waals surface area contributed by atoms with E-state index in [0.29, 0.717) is 6.07 Å². The molecule has 1 heterocycles. The second-order valence-corrected chi connectivity index (χ2v) is 2.47. The first-order valence-corrected chi connectivity index (χ1v) is 3.59. The predicted octanol–water partition coefficient (Wildman–Crippen LogP) is 1.73. The van der Waals surface area contributed by atoms with Gasteiger partial charge in [-0.3, -0.25) is 0 Å². The molecule has 0 amide bonds. The van der Waals surface area contributed by atoms with E-state index in [1.54, 1.807) is 0 Å². The van der Waals surface area contributed by atoms with Gasteiger partial charge >= 0.3 is 5.97 Å². The van der Waals surface area contributed by atoms with Crippen LogP contribution < -0.4 is 0 Å². The Kier molecular flexibility index (Phi) is 2.90. The number of hydrogen-bond donors (Lipinski definition) is 1. The van der Waals surface area contributed by atoms with Crippen LogP contribution in [0.3, 0.4) is 0 Å². The molecule has 0 saturated heterocycles. The van der Waals surface area contributed by atoms with Gasteiger partial charge in [-0.05, 0) is 0 Å². The number of alkyl halides is 2. The molecule has 0 aliphatic carbocycles. The van der Waals surface area contributed by atoms with Crippen LogP contribution in [0.15, 0.2) is 6.07 Å². The van der Waals surface area contributed by atoms with Crippen molar-refractivity contribution in [1.82, 2.24) is 4.98 Å². The zero-order valence-corrected chi connectivity index (χ0v) is 7.04. The minimum Gasteiger partial charge on any atom is -0.478 e. The third-order valence-corrected chi connectivity index (χ3v) is 1.58. The first-order valence-electron chi connectivity index (χ1n) is 3.59. The standard InChI is InChI=1S/C8H3F3N2O2/c9-5-1-3(8(14)15)6(7(10)11)4(2-12)13-5/h1,7H,(H,14,15). The van der Waals surface area contributed by atoms with Crippen molar-refractivity contribution in [3.63, 3.8) is 0 Å². The molecule has 1 N–H and O–H groups in total. The third-order valence-electron chi connectivity index (χ3n) is 1.58. The van der Waals surface area contributed by atoms with Gasteiger partial charge in [-0.2, -0.15) is 9.65 Å². The number of nitriles is 1. The topological polar surface area (TPSA) is 74.0 Å². The number of aromatic carboxylic acids is 1. The summed E-state index contributed by atoms with van der Waals surface area (Å²) in [5.41, 5.74) is -2.93. The van der Waals surface area contributed by atoms with Crippen molar-refractivity contribution in [2.24, 2.45) is 0 Å². The lowest BCUT2D eigenvalue weighted by Gasteiger charge is -2.05. The van der Waals surface area contributed by atoms with Crippen LogP contribution in [0.25, 0.3) is 0 Å². The highest BCUT2D eigenvalue weighted by Crippen LogP contribution is 2.25. The molecular weight excluding hydrogens is 213 g/mol. The number of nitrogens with zero attached hydrogens (tertiary/aromatic N) is 2.